The van der Waals surface area contributed by atoms with Gasteiger partial charge in [-0.25, -0.2) is 0 Å². The van der Waals surface area contributed by atoms with Gasteiger partial charge in [0.1, 0.15) is 0 Å². The van der Waals surface area contributed by atoms with Crippen molar-refractivity contribution >= 4 is 24.7 Å². The maximum Gasteiger partial charge on any atom is -0.0103 e. The van der Waals surface area contributed by atoms with Crippen molar-refractivity contribution in [2.45, 2.75) is 26.2 Å². The van der Waals surface area contributed by atoms with E-state index >= 15 is 0 Å². The molecule has 0 heterocycles. The van der Waals surface area contributed by atoms with Gasteiger partial charge in [-0.1, -0.05) is 62.2 Å². The molecule has 0 unspecified atom stereocenters. The van der Waals surface area contributed by atoms with Crippen molar-refractivity contribution < 1.29 is 0 Å². The molecule has 2 rings (SSSR count). The number of unbranched alkanes of at least 4 members (excludes halogenated alkanes) is 2. The zero-order valence-corrected chi connectivity index (χ0v) is 10.7. The Bertz CT molecular complexity index is 443. The summed E-state index contributed by atoms with van der Waals surface area (Å²) in [4.78, 5) is 0. The van der Waals surface area contributed by atoms with Crippen LogP contribution in [0.1, 0.15) is 26.2 Å². The van der Waals surface area contributed by atoms with Gasteiger partial charge in [0, 0.05) is 0 Å². The smallest absolute Gasteiger partial charge is 0.0103 e. The molecule has 0 aromatic heterocycles. The van der Waals surface area contributed by atoms with Gasteiger partial charge in [0.2, 0.25) is 0 Å². The Morgan fingerprint density at radius 2 is 1.75 bits per heavy atom. The average molecular weight is 229 g/mol. The van der Waals surface area contributed by atoms with Crippen LogP contribution < -0.4 is 5.30 Å². The minimum Gasteiger partial charge on any atom is -0.0654 e. The molecule has 16 heavy (non-hydrogen) atoms. The minimum atomic E-state index is 1.29. The highest BCUT2D eigenvalue weighted by atomic mass is 31.1. The first-order valence-corrected chi connectivity index (χ1v) is 7.15. The second-order valence-electron chi connectivity index (χ2n) is 4.09. The van der Waals surface area contributed by atoms with E-state index in [2.05, 4.69) is 49.4 Å². The summed E-state index contributed by atoms with van der Waals surface area (Å²) in [5, 5.41) is 4.26. The van der Waals surface area contributed by atoms with Gasteiger partial charge in [0.05, 0.1) is 0 Å². The third kappa shape index (κ3) is 2.83. The summed E-state index contributed by atoms with van der Waals surface area (Å²) in [7, 11) is 1.48. The van der Waals surface area contributed by atoms with E-state index in [-0.39, 0.29) is 0 Å². The van der Waals surface area contributed by atoms with Crippen LogP contribution >= 0.6 is 8.58 Å². The summed E-state index contributed by atoms with van der Waals surface area (Å²) < 4.78 is 0. The van der Waals surface area contributed by atoms with Crippen molar-refractivity contribution in [3.63, 3.8) is 0 Å². The Kier molecular flexibility index (Phi) is 4.36. The van der Waals surface area contributed by atoms with Crippen LogP contribution in [-0.2, 0) is 0 Å². The second kappa shape index (κ2) is 6.01. The summed E-state index contributed by atoms with van der Waals surface area (Å²) in [6, 6.07) is 15.3. The van der Waals surface area contributed by atoms with Gasteiger partial charge < -0.3 is 0 Å². The zero-order valence-electron chi connectivity index (χ0n) is 9.82. The van der Waals surface area contributed by atoms with Gasteiger partial charge in [-0.2, -0.15) is 0 Å². The fourth-order valence-electron chi connectivity index (χ4n) is 1.91. The predicted octanol–water partition coefficient (Wildman–Crippen LogP) is 4.60. The molecule has 1 heteroatoms. The third-order valence-corrected chi connectivity index (χ3v) is 4.08. The normalized spacial score (nSPS) is 11.6. The molecule has 0 aliphatic rings. The van der Waals surface area contributed by atoms with Gasteiger partial charge in [-0.05, 0) is 37.2 Å². The van der Waals surface area contributed by atoms with Crippen LogP contribution in [-0.4, -0.2) is 6.16 Å². The number of rotatable bonds is 5. The highest BCUT2D eigenvalue weighted by Crippen LogP contribution is 2.20. The number of fused-ring (bicyclic) bond motifs is 1. The molecule has 0 N–H and O–H groups in total. The number of benzene rings is 2. The lowest BCUT2D eigenvalue weighted by Crippen LogP contribution is -1.97. The van der Waals surface area contributed by atoms with Crippen molar-refractivity contribution in [1.82, 2.24) is 0 Å². The van der Waals surface area contributed by atoms with E-state index in [9.17, 15) is 0 Å². The standard InChI is InChI=1S/C15H18P/c1-2-3-6-12-16-15-11-7-9-13-8-4-5-10-14(13)15/h4-5,7-11H,2-3,6,12H2,1H3. The lowest BCUT2D eigenvalue weighted by atomic mass is 10.1. The Morgan fingerprint density at radius 1 is 0.938 bits per heavy atom. The number of hydrogen-bond acceptors (Lipinski definition) is 0. The Morgan fingerprint density at radius 3 is 2.62 bits per heavy atom. The quantitative estimate of drug-likeness (QED) is 0.519. The summed E-state index contributed by atoms with van der Waals surface area (Å²) in [5.41, 5.74) is 0. The van der Waals surface area contributed by atoms with Crippen LogP contribution in [0.5, 0.6) is 0 Å². The Balaban J connectivity index is 2.11. The molecule has 2 aromatic carbocycles. The van der Waals surface area contributed by atoms with E-state index in [1.54, 1.807) is 0 Å². The van der Waals surface area contributed by atoms with Crippen molar-refractivity contribution in [3.8, 4) is 0 Å². The molecule has 0 bridgehead atoms. The third-order valence-electron chi connectivity index (χ3n) is 2.81. The Labute approximate surface area is 99.9 Å². The fraction of sp³-hybridized carbons (Fsp3) is 0.333. The van der Waals surface area contributed by atoms with Crippen molar-refractivity contribution in [3.05, 3.63) is 42.5 Å². The molecule has 2 aromatic rings. The van der Waals surface area contributed by atoms with Crippen LogP contribution in [0.4, 0.5) is 0 Å². The molecule has 0 atom stereocenters. The zero-order chi connectivity index (χ0) is 11.2. The highest BCUT2D eigenvalue weighted by Gasteiger charge is 2.00. The summed E-state index contributed by atoms with van der Waals surface area (Å²) in [6.07, 6.45) is 5.31. The summed E-state index contributed by atoms with van der Waals surface area (Å²) in [5.74, 6) is 0. The highest BCUT2D eigenvalue weighted by molar-refractivity contribution is 7.47. The van der Waals surface area contributed by atoms with Gasteiger partial charge in [-0.15, -0.1) is 0 Å². The van der Waals surface area contributed by atoms with Gasteiger partial charge in [0.25, 0.3) is 0 Å². The molecule has 0 nitrogen and oxygen atoms in total. The fourth-order valence-corrected chi connectivity index (χ4v) is 3.10. The monoisotopic (exact) mass is 229 g/mol. The van der Waals surface area contributed by atoms with Crippen molar-refractivity contribution in [1.29, 1.82) is 0 Å². The van der Waals surface area contributed by atoms with E-state index in [1.807, 2.05) is 0 Å². The van der Waals surface area contributed by atoms with E-state index in [0.29, 0.717) is 0 Å². The largest absolute Gasteiger partial charge is 0.0654 e. The second-order valence-corrected chi connectivity index (χ2v) is 5.33. The predicted molar refractivity (Wildman–Crippen MR) is 74.9 cm³/mol. The molecular formula is C15H18P. The van der Waals surface area contributed by atoms with Gasteiger partial charge >= 0.3 is 0 Å². The van der Waals surface area contributed by atoms with Gasteiger partial charge in [-0.3, -0.25) is 0 Å². The summed E-state index contributed by atoms with van der Waals surface area (Å²) >= 11 is 0. The van der Waals surface area contributed by atoms with Crippen molar-refractivity contribution in [2.75, 3.05) is 6.16 Å². The van der Waals surface area contributed by atoms with E-state index in [4.69, 9.17) is 0 Å². The van der Waals surface area contributed by atoms with Crippen LogP contribution in [0.3, 0.4) is 0 Å². The Hall–Kier alpha value is -0.870. The average Bonchev–Trinajstić information content (AvgIpc) is 2.35. The van der Waals surface area contributed by atoms with Crippen molar-refractivity contribution in [2.24, 2.45) is 0 Å². The lowest BCUT2D eigenvalue weighted by Gasteiger charge is -2.05. The van der Waals surface area contributed by atoms with E-state index in [0.717, 1.165) is 0 Å². The van der Waals surface area contributed by atoms with E-state index in [1.165, 1.54) is 50.1 Å². The van der Waals surface area contributed by atoms with Crippen LogP contribution in [0.15, 0.2) is 42.5 Å². The summed E-state index contributed by atoms with van der Waals surface area (Å²) in [6.45, 7) is 2.26. The van der Waals surface area contributed by atoms with Crippen LogP contribution in [0.2, 0.25) is 0 Å². The molecule has 0 aliphatic heterocycles. The van der Waals surface area contributed by atoms with Crippen LogP contribution in [0, 0.1) is 0 Å². The molecule has 1 radical (unpaired) electrons. The molecule has 0 saturated carbocycles. The molecule has 0 spiro atoms. The first-order chi connectivity index (χ1) is 7.92. The minimum absolute atomic E-state index is 1.29. The van der Waals surface area contributed by atoms with E-state index < -0.39 is 0 Å². The van der Waals surface area contributed by atoms with Crippen LogP contribution in [0.25, 0.3) is 10.8 Å². The number of hydrogen-bond donors (Lipinski definition) is 0. The molecule has 0 saturated heterocycles. The molecule has 83 valence electrons. The SMILES string of the molecule is CCCCC[P]c1cccc2ccccc12. The topological polar surface area (TPSA) is 0 Å². The first kappa shape index (κ1) is 11.6. The lowest BCUT2D eigenvalue weighted by molar-refractivity contribution is 0.778. The first-order valence-electron chi connectivity index (χ1n) is 6.07. The molecule has 0 amide bonds. The maximum absolute atomic E-state index is 2.26. The maximum atomic E-state index is 2.26. The molecule has 0 aliphatic carbocycles. The van der Waals surface area contributed by atoms with Gasteiger partial charge in [0.15, 0.2) is 0 Å². The molecule has 0 fully saturated rings. The molecular weight excluding hydrogens is 211 g/mol.